The first-order chi connectivity index (χ1) is 7.58. The maximum Gasteiger partial charge on any atom is 0.326 e. The third-order valence-corrected chi connectivity index (χ3v) is 3.34. The maximum absolute atomic E-state index is 11.5. The zero-order chi connectivity index (χ0) is 11.7. The van der Waals surface area contributed by atoms with Gasteiger partial charge in [-0.25, -0.2) is 4.79 Å². The van der Waals surface area contributed by atoms with Crippen LogP contribution in [-0.4, -0.2) is 34.3 Å². The molecule has 1 aliphatic carbocycles. The van der Waals surface area contributed by atoms with Crippen LogP contribution in [0.15, 0.2) is 11.8 Å². The van der Waals surface area contributed by atoms with E-state index in [-0.39, 0.29) is 5.78 Å². The Morgan fingerprint density at radius 2 is 2.25 bits per heavy atom. The van der Waals surface area contributed by atoms with Gasteiger partial charge in [0, 0.05) is 24.7 Å². The normalized spacial score (nSPS) is 30.4. The fraction of sp³-hybridized carbons (Fsp3) is 0.667. The summed E-state index contributed by atoms with van der Waals surface area (Å²) in [6, 6.07) is -0.427. The lowest BCUT2D eigenvalue weighted by molar-refractivity contribution is -0.141. The zero-order valence-corrected chi connectivity index (χ0v) is 9.48. The third kappa shape index (κ3) is 2.10. The maximum atomic E-state index is 11.5. The van der Waals surface area contributed by atoms with E-state index >= 15 is 0 Å². The molecule has 2 atom stereocenters. The van der Waals surface area contributed by atoms with E-state index in [0.717, 1.165) is 25.1 Å². The Morgan fingerprint density at radius 3 is 2.88 bits per heavy atom. The molecule has 1 N–H and O–H groups in total. The topological polar surface area (TPSA) is 57.6 Å². The molecule has 2 unspecified atom stereocenters. The van der Waals surface area contributed by atoms with Gasteiger partial charge in [-0.2, -0.15) is 0 Å². The average Bonchev–Trinajstić information content (AvgIpc) is 2.63. The summed E-state index contributed by atoms with van der Waals surface area (Å²) in [5.41, 5.74) is 0.925. The Kier molecular flexibility index (Phi) is 2.99. The predicted octanol–water partition coefficient (Wildman–Crippen LogP) is 1.42. The molecule has 0 bridgehead atoms. The van der Waals surface area contributed by atoms with Crippen molar-refractivity contribution < 1.29 is 14.7 Å². The summed E-state index contributed by atoms with van der Waals surface area (Å²) in [4.78, 5) is 24.4. The molecule has 0 spiro atoms. The average molecular weight is 223 g/mol. The number of likely N-dealkylation sites (tertiary alicyclic amines) is 1. The third-order valence-electron chi connectivity index (χ3n) is 3.34. The highest BCUT2D eigenvalue weighted by molar-refractivity contribution is 5.91. The molecule has 0 saturated carbocycles. The fourth-order valence-electron chi connectivity index (χ4n) is 2.64. The Bertz CT molecular complexity index is 348. The number of allylic oxidation sites excluding steroid dienone is 2. The SMILES string of the molecule is CC1CC(=O)C=C(N2CCCC2C(=O)O)C1. The molecular weight excluding hydrogens is 206 g/mol. The van der Waals surface area contributed by atoms with Crippen molar-refractivity contribution in [2.75, 3.05) is 6.54 Å². The summed E-state index contributed by atoms with van der Waals surface area (Å²) >= 11 is 0. The van der Waals surface area contributed by atoms with E-state index in [1.165, 1.54) is 0 Å². The van der Waals surface area contributed by atoms with Crippen LogP contribution in [0, 0.1) is 5.92 Å². The van der Waals surface area contributed by atoms with Crippen molar-refractivity contribution in [1.29, 1.82) is 0 Å². The summed E-state index contributed by atoms with van der Waals surface area (Å²) in [5, 5.41) is 9.09. The minimum absolute atomic E-state index is 0.129. The molecule has 1 aliphatic heterocycles. The van der Waals surface area contributed by atoms with Crippen molar-refractivity contribution >= 4 is 11.8 Å². The molecule has 0 aromatic carbocycles. The highest BCUT2D eigenvalue weighted by atomic mass is 16.4. The van der Waals surface area contributed by atoms with Gasteiger partial charge in [-0.05, 0) is 25.2 Å². The van der Waals surface area contributed by atoms with Crippen LogP contribution < -0.4 is 0 Å². The largest absolute Gasteiger partial charge is 0.480 e. The number of rotatable bonds is 2. The first-order valence-corrected chi connectivity index (χ1v) is 5.81. The molecule has 1 fully saturated rings. The van der Waals surface area contributed by atoms with Gasteiger partial charge in [-0.1, -0.05) is 6.92 Å². The highest BCUT2D eigenvalue weighted by Crippen LogP contribution is 2.30. The van der Waals surface area contributed by atoms with E-state index < -0.39 is 12.0 Å². The Balaban J connectivity index is 2.17. The van der Waals surface area contributed by atoms with Gasteiger partial charge in [-0.3, -0.25) is 4.79 Å². The smallest absolute Gasteiger partial charge is 0.326 e. The van der Waals surface area contributed by atoms with Gasteiger partial charge < -0.3 is 10.0 Å². The molecule has 0 aromatic rings. The summed E-state index contributed by atoms with van der Waals surface area (Å²) < 4.78 is 0. The molecule has 0 amide bonds. The van der Waals surface area contributed by atoms with Crippen LogP contribution in [0.2, 0.25) is 0 Å². The zero-order valence-electron chi connectivity index (χ0n) is 9.48. The molecule has 16 heavy (non-hydrogen) atoms. The van der Waals surface area contributed by atoms with Crippen LogP contribution in [0.3, 0.4) is 0 Å². The lowest BCUT2D eigenvalue weighted by atomic mass is 9.92. The van der Waals surface area contributed by atoms with Crippen molar-refractivity contribution in [1.82, 2.24) is 4.90 Å². The molecule has 88 valence electrons. The van der Waals surface area contributed by atoms with Crippen molar-refractivity contribution in [3.05, 3.63) is 11.8 Å². The van der Waals surface area contributed by atoms with Crippen LogP contribution in [-0.2, 0) is 9.59 Å². The second-order valence-electron chi connectivity index (χ2n) is 4.81. The van der Waals surface area contributed by atoms with E-state index in [1.807, 2.05) is 11.8 Å². The van der Waals surface area contributed by atoms with Crippen molar-refractivity contribution in [2.45, 2.75) is 38.6 Å². The number of nitrogens with zero attached hydrogens (tertiary/aromatic N) is 1. The number of carboxylic acid groups (broad SMARTS) is 1. The van der Waals surface area contributed by atoms with Crippen molar-refractivity contribution in [3.8, 4) is 0 Å². The van der Waals surface area contributed by atoms with Crippen molar-refractivity contribution in [3.63, 3.8) is 0 Å². The molecule has 0 radical (unpaired) electrons. The van der Waals surface area contributed by atoms with E-state index in [0.29, 0.717) is 18.8 Å². The number of ketones is 1. The Hall–Kier alpha value is -1.32. The van der Waals surface area contributed by atoms with E-state index in [9.17, 15) is 9.59 Å². The molecule has 4 heteroatoms. The van der Waals surface area contributed by atoms with Gasteiger partial charge in [0.15, 0.2) is 5.78 Å². The highest BCUT2D eigenvalue weighted by Gasteiger charge is 2.33. The number of hydrogen-bond acceptors (Lipinski definition) is 3. The molecule has 2 rings (SSSR count). The summed E-state index contributed by atoms with van der Waals surface area (Å²) in [7, 11) is 0. The number of carbonyl (C=O) groups is 2. The fourth-order valence-corrected chi connectivity index (χ4v) is 2.64. The predicted molar refractivity (Wildman–Crippen MR) is 58.9 cm³/mol. The standard InChI is InChI=1S/C12H17NO3/c1-8-5-9(7-10(14)6-8)13-4-2-3-11(13)12(15)16/h7-8,11H,2-6H2,1H3,(H,15,16). The van der Waals surface area contributed by atoms with E-state index in [2.05, 4.69) is 0 Å². The van der Waals surface area contributed by atoms with Crippen LogP contribution in [0.25, 0.3) is 0 Å². The van der Waals surface area contributed by atoms with E-state index in [4.69, 9.17) is 5.11 Å². The molecular formula is C12H17NO3. The van der Waals surface area contributed by atoms with Gasteiger partial charge in [0.1, 0.15) is 6.04 Å². The summed E-state index contributed by atoms with van der Waals surface area (Å²) in [5.74, 6) is -0.309. The molecule has 4 nitrogen and oxygen atoms in total. The van der Waals surface area contributed by atoms with Crippen LogP contribution >= 0.6 is 0 Å². The number of carboxylic acids is 1. The summed E-state index contributed by atoms with van der Waals surface area (Å²) in [6.45, 7) is 2.81. The minimum atomic E-state index is -0.774. The number of carbonyl (C=O) groups excluding carboxylic acids is 1. The second-order valence-corrected chi connectivity index (χ2v) is 4.81. The van der Waals surface area contributed by atoms with E-state index in [1.54, 1.807) is 6.08 Å². The monoisotopic (exact) mass is 223 g/mol. The van der Waals surface area contributed by atoms with Gasteiger partial charge in [0.25, 0.3) is 0 Å². The quantitative estimate of drug-likeness (QED) is 0.769. The van der Waals surface area contributed by atoms with Gasteiger partial charge in [0.2, 0.25) is 0 Å². The van der Waals surface area contributed by atoms with Crippen LogP contribution in [0.5, 0.6) is 0 Å². The first-order valence-electron chi connectivity index (χ1n) is 5.81. The number of hydrogen-bond donors (Lipinski definition) is 1. The number of aliphatic carboxylic acids is 1. The molecule has 2 aliphatic rings. The van der Waals surface area contributed by atoms with Gasteiger partial charge in [-0.15, -0.1) is 0 Å². The lowest BCUT2D eigenvalue weighted by Crippen LogP contribution is -2.37. The second kappa shape index (κ2) is 4.28. The summed E-state index contributed by atoms with van der Waals surface area (Å²) in [6.07, 6.45) is 4.65. The van der Waals surface area contributed by atoms with Gasteiger partial charge >= 0.3 is 5.97 Å². The van der Waals surface area contributed by atoms with Crippen LogP contribution in [0.1, 0.15) is 32.6 Å². The van der Waals surface area contributed by atoms with Gasteiger partial charge in [0.05, 0.1) is 0 Å². The Labute approximate surface area is 94.9 Å². The molecule has 1 saturated heterocycles. The van der Waals surface area contributed by atoms with Crippen LogP contribution in [0.4, 0.5) is 0 Å². The van der Waals surface area contributed by atoms with Crippen molar-refractivity contribution in [2.24, 2.45) is 5.92 Å². The Morgan fingerprint density at radius 1 is 1.50 bits per heavy atom. The minimum Gasteiger partial charge on any atom is -0.480 e. The first kappa shape index (κ1) is 11.2. The lowest BCUT2D eigenvalue weighted by Gasteiger charge is -2.30. The molecule has 1 heterocycles. The molecule has 0 aromatic heterocycles.